The van der Waals surface area contributed by atoms with Gasteiger partial charge in [-0.15, -0.1) is 0 Å². The summed E-state index contributed by atoms with van der Waals surface area (Å²) in [6.45, 7) is 3.04. The number of nitrogens with zero attached hydrogens (tertiary/aromatic N) is 1. The molecular formula is C25H29FN2O4. The Morgan fingerprint density at radius 2 is 1.81 bits per heavy atom. The monoisotopic (exact) mass is 440 g/mol. The molecule has 2 aromatic carbocycles. The van der Waals surface area contributed by atoms with Gasteiger partial charge in [0.15, 0.2) is 11.5 Å². The van der Waals surface area contributed by atoms with Crippen LogP contribution < -0.4 is 14.8 Å². The van der Waals surface area contributed by atoms with E-state index in [0.29, 0.717) is 49.5 Å². The Balaban J connectivity index is 1.48. The molecule has 2 amide bonds. The molecule has 1 N–H and O–H groups in total. The predicted octanol–water partition coefficient (Wildman–Crippen LogP) is 3.72. The molecule has 1 fully saturated rings. The second kappa shape index (κ2) is 10.8. The molecule has 7 heteroatoms. The van der Waals surface area contributed by atoms with Gasteiger partial charge in [-0.3, -0.25) is 9.59 Å². The number of hydrogen-bond donors (Lipinski definition) is 1. The van der Waals surface area contributed by atoms with Crippen LogP contribution in [-0.4, -0.2) is 44.0 Å². The van der Waals surface area contributed by atoms with Crippen LogP contribution in [0.2, 0.25) is 0 Å². The summed E-state index contributed by atoms with van der Waals surface area (Å²) in [6.07, 6.45) is 4.48. The van der Waals surface area contributed by atoms with Gasteiger partial charge in [0.05, 0.1) is 14.2 Å². The summed E-state index contributed by atoms with van der Waals surface area (Å²) in [5.74, 6) is 0.660. The molecule has 32 heavy (non-hydrogen) atoms. The summed E-state index contributed by atoms with van der Waals surface area (Å²) in [7, 11) is 3.14. The molecule has 0 aliphatic carbocycles. The van der Waals surface area contributed by atoms with Gasteiger partial charge >= 0.3 is 0 Å². The third-order valence-electron chi connectivity index (χ3n) is 5.71. The zero-order valence-corrected chi connectivity index (χ0v) is 18.7. The van der Waals surface area contributed by atoms with Crippen molar-refractivity contribution in [1.82, 2.24) is 10.2 Å². The maximum Gasteiger partial charge on any atom is 0.246 e. The fourth-order valence-electron chi connectivity index (χ4n) is 3.67. The predicted molar refractivity (Wildman–Crippen MR) is 121 cm³/mol. The van der Waals surface area contributed by atoms with Crippen molar-refractivity contribution in [1.29, 1.82) is 0 Å². The summed E-state index contributed by atoms with van der Waals surface area (Å²) in [5.41, 5.74) is 2.14. The summed E-state index contributed by atoms with van der Waals surface area (Å²) in [5, 5.41) is 2.88. The summed E-state index contributed by atoms with van der Waals surface area (Å²) in [4.78, 5) is 26.8. The van der Waals surface area contributed by atoms with Crippen LogP contribution in [0.1, 0.15) is 29.5 Å². The normalized spacial score (nSPS) is 14.4. The maximum absolute atomic E-state index is 13.7. The Hall–Kier alpha value is -3.35. The van der Waals surface area contributed by atoms with E-state index in [1.54, 1.807) is 50.3 Å². The van der Waals surface area contributed by atoms with E-state index in [0.717, 1.165) is 11.1 Å². The number of likely N-dealkylation sites (tertiary alicyclic amines) is 1. The van der Waals surface area contributed by atoms with Crippen molar-refractivity contribution < 1.29 is 23.5 Å². The number of amides is 2. The van der Waals surface area contributed by atoms with Crippen molar-refractivity contribution in [2.24, 2.45) is 5.92 Å². The smallest absolute Gasteiger partial charge is 0.246 e. The van der Waals surface area contributed by atoms with Crippen molar-refractivity contribution in [3.8, 4) is 11.5 Å². The number of aryl methyl sites for hydroxylation is 1. The maximum atomic E-state index is 13.7. The first-order valence-corrected chi connectivity index (χ1v) is 10.6. The van der Waals surface area contributed by atoms with E-state index in [4.69, 9.17) is 9.47 Å². The Labute approximate surface area is 188 Å². The van der Waals surface area contributed by atoms with E-state index in [1.165, 1.54) is 12.1 Å². The molecule has 3 rings (SSSR count). The van der Waals surface area contributed by atoms with Gasteiger partial charge in [-0.1, -0.05) is 18.2 Å². The van der Waals surface area contributed by atoms with Crippen LogP contribution in [0.4, 0.5) is 4.39 Å². The Morgan fingerprint density at radius 1 is 1.09 bits per heavy atom. The van der Waals surface area contributed by atoms with E-state index in [9.17, 15) is 14.0 Å². The van der Waals surface area contributed by atoms with Crippen molar-refractivity contribution in [3.63, 3.8) is 0 Å². The third-order valence-corrected chi connectivity index (χ3v) is 5.71. The number of nitrogens with one attached hydrogen (secondary N) is 1. The molecule has 0 bridgehead atoms. The van der Waals surface area contributed by atoms with Crippen molar-refractivity contribution in [2.75, 3.05) is 27.3 Å². The van der Waals surface area contributed by atoms with Gasteiger partial charge < -0.3 is 19.7 Å². The molecule has 0 radical (unpaired) electrons. The zero-order valence-electron chi connectivity index (χ0n) is 18.7. The van der Waals surface area contributed by atoms with Crippen molar-refractivity contribution in [3.05, 3.63) is 65.0 Å². The van der Waals surface area contributed by atoms with E-state index >= 15 is 0 Å². The van der Waals surface area contributed by atoms with Gasteiger partial charge in [-0.2, -0.15) is 0 Å². The number of methoxy groups -OCH3 is 2. The van der Waals surface area contributed by atoms with Gasteiger partial charge in [0.1, 0.15) is 5.82 Å². The lowest BCUT2D eigenvalue weighted by molar-refractivity contribution is -0.132. The minimum atomic E-state index is -0.273. The molecule has 1 saturated heterocycles. The Bertz CT molecular complexity index is 997. The van der Waals surface area contributed by atoms with Gasteiger partial charge in [0, 0.05) is 31.6 Å². The molecule has 0 spiro atoms. The van der Waals surface area contributed by atoms with E-state index < -0.39 is 0 Å². The fraction of sp³-hybridized carbons (Fsp3) is 0.360. The van der Waals surface area contributed by atoms with E-state index in [2.05, 4.69) is 5.32 Å². The van der Waals surface area contributed by atoms with Crippen LogP contribution in [0, 0.1) is 18.7 Å². The quantitative estimate of drug-likeness (QED) is 0.667. The van der Waals surface area contributed by atoms with Gasteiger partial charge in [-0.25, -0.2) is 4.39 Å². The highest BCUT2D eigenvalue weighted by Gasteiger charge is 2.26. The molecule has 0 atom stereocenters. The number of ether oxygens (including phenoxy) is 2. The molecule has 0 saturated carbocycles. The summed E-state index contributed by atoms with van der Waals surface area (Å²) < 4.78 is 24.2. The van der Waals surface area contributed by atoms with Gasteiger partial charge in [0.2, 0.25) is 11.8 Å². The fourth-order valence-corrected chi connectivity index (χ4v) is 3.67. The molecule has 1 aliphatic rings. The topological polar surface area (TPSA) is 67.9 Å². The van der Waals surface area contributed by atoms with Crippen LogP contribution >= 0.6 is 0 Å². The molecule has 2 aromatic rings. The largest absolute Gasteiger partial charge is 0.493 e. The van der Waals surface area contributed by atoms with Crippen LogP contribution in [0.15, 0.2) is 42.5 Å². The molecule has 0 aromatic heterocycles. The Morgan fingerprint density at radius 3 is 2.47 bits per heavy atom. The minimum absolute atomic E-state index is 0.0565. The number of carbonyl (C=O) groups is 2. The molecule has 1 aliphatic heterocycles. The lowest BCUT2D eigenvalue weighted by Crippen LogP contribution is -2.42. The van der Waals surface area contributed by atoms with Crippen LogP contribution in [-0.2, 0) is 16.1 Å². The minimum Gasteiger partial charge on any atom is -0.493 e. The SMILES string of the molecule is COc1ccc(/C=C/C(=O)N2CCC(C(=O)NCc3ccc(C)c(F)c3)CC2)cc1OC. The van der Waals surface area contributed by atoms with E-state index in [1.807, 2.05) is 12.1 Å². The first-order valence-electron chi connectivity index (χ1n) is 10.6. The van der Waals surface area contributed by atoms with Crippen LogP contribution in [0.3, 0.4) is 0 Å². The zero-order chi connectivity index (χ0) is 23.1. The highest BCUT2D eigenvalue weighted by Crippen LogP contribution is 2.28. The van der Waals surface area contributed by atoms with Gasteiger partial charge in [0.25, 0.3) is 0 Å². The van der Waals surface area contributed by atoms with Crippen molar-refractivity contribution in [2.45, 2.75) is 26.3 Å². The lowest BCUT2D eigenvalue weighted by atomic mass is 9.95. The second-order valence-electron chi connectivity index (χ2n) is 7.85. The molecule has 1 heterocycles. The van der Waals surface area contributed by atoms with Crippen molar-refractivity contribution >= 4 is 17.9 Å². The molecular weight excluding hydrogens is 411 g/mol. The number of benzene rings is 2. The first-order chi connectivity index (χ1) is 15.4. The highest BCUT2D eigenvalue weighted by molar-refractivity contribution is 5.92. The summed E-state index contributed by atoms with van der Waals surface area (Å²) >= 11 is 0. The number of halogens is 1. The first kappa shape index (κ1) is 23.3. The summed E-state index contributed by atoms with van der Waals surface area (Å²) in [6, 6.07) is 10.4. The van der Waals surface area contributed by atoms with Crippen LogP contribution in [0.25, 0.3) is 6.08 Å². The number of carbonyl (C=O) groups excluding carboxylic acids is 2. The highest BCUT2D eigenvalue weighted by atomic mass is 19.1. The number of piperidine rings is 1. The third kappa shape index (κ3) is 5.87. The average molecular weight is 441 g/mol. The Kier molecular flexibility index (Phi) is 7.87. The average Bonchev–Trinajstić information content (AvgIpc) is 2.82. The second-order valence-corrected chi connectivity index (χ2v) is 7.85. The molecule has 6 nitrogen and oxygen atoms in total. The van der Waals surface area contributed by atoms with E-state index in [-0.39, 0.29) is 23.5 Å². The molecule has 0 unspecified atom stereocenters. The van der Waals surface area contributed by atoms with Crippen LogP contribution in [0.5, 0.6) is 11.5 Å². The standard InChI is InChI=1S/C25H29FN2O4/c1-17-4-5-19(14-21(17)26)16-27-25(30)20-10-12-28(13-11-20)24(29)9-7-18-6-8-22(31-2)23(15-18)32-3/h4-9,14-15,20H,10-13,16H2,1-3H3,(H,27,30)/b9-7+. The lowest BCUT2D eigenvalue weighted by Gasteiger charge is -2.30. The van der Waals surface area contributed by atoms with Gasteiger partial charge in [-0.05, 0) is 60.7 Å². The number of hydrogen-bond acceptors (Lipinski definition) is 4. The number of rotatable bonds is 7. The molecule has 170 valence electrons.